The first-order valence-electron chi connectivity index (χ1n) is 8.29. The Kier molecular flexibility index (Phi) is 5.01. The fourth-order valence-electron chi connectivity index (χ4n) is 3.33. The first kappa shape index (κ1) is 18.8. The monoisotopic (exact) mass is 389 g/mol. The van der Waals surface area contributed by atoms with E-state index in [-0.39, 0.29) is 16.6 Å². The van der Waals surface area contributed by atoms with Crippen LogP contribution in [0.5, 0.6) is 0 Å². The van der Waals surface area contributed by atoms with Crippen molar-refractivity contribution in [1.29, 1.82) is 0 Å². The summed E-state index contributed by atoms with van der Waals surface area (Å²) in [7, 11) is 3.12. The van der Waals surface area contributed by atoms with Crippen LogP contribution in [0.1, 0.15) is 53.6 Å². The molecule has 1 atom stereocenters. The predicted octanol–water partition coefficient (Wildman–Crippen LogP) is 3.58. The minimum absolute atomic E-state index is 0.110. The lowest BCUT2D eigenvalue weighted by Gasteiger charge is -2.29. The van der Waals surface area contributed by atoms with E-state index >= 15 is 0 Å². The molecule has 1 aliphatic heterocycles. The number of carbonyl (C=O) groups is 1. The van der Waals surface area contributed by atoms with Gasteiger partial charge in [-0.2, -0.15) is 23.4 Å². The van der Waals surface area contributed by atoms with Crippen LogP contribution in [0, 0.1) is 0 Å². The molecule has 1 saturated heterocycles. The summed E-state index contributed by atoms with van der Waals surface area (Å²) in [6.45, 7) is 0.433. The van der Waals surface area contributed by atoms with Gasteiger partial charge in [0.25, 0.3) is 5.91 Å². The van der Waals surface area contributed by atoms with Crippen LogP contribution in [0.3, 0.4) is 0 Å². The molecule has 3 rings (SSSR count). The summed E-state index contributed by atoms with van der Waals surface area (Å²) in [5.74, 6) is -0.378. The van der Waals surface area contributed by atoms with Crippen LogP contribution < -0.4 is 0 Å². The lowest BCUT2D eigenvalue weighted by atomic mass is 10.1. The Morgan fingerprint density at radius 1 is 1.23 bits per heavy atom. The Morgan fingerprint density at radius 2 is 1.96 bits per heavy atom. The molecule has 1 unspecified atom stereocenters. The molecule has 1 amide bonds. The van der Waals surface area contributed by atoms with Crippen LogP contribution in [0.25, 0.3) is 0 Å². The third kappa shape index (κ3) is 3.58. The maximum Gasteiger partial charge on any atom is 0.435 e. The zero-order chi connectivity index (χ0) is 19.1. The molecule has 0 radical (unpaired) electrons. The summed E-state index contributed by atoms with van der Waals surface area (Å²) < 4.78 is 41.7. The van der Waals surface area contributed by atoms with Gasteiger partial charge in [0.1, 0.15) is 0 Å². The summed E-state index contributed by atoms with van der Waals surface area (Å²) in [6.07, 6.45) is 0.0498. The van der Waals surface area contributed by atoms with Gasteiger partial charge in [0.15, 0.2) is 11.4 Å². The number of hydrogen-bond acceptors (Lipinski definition) is 3. The van der Waals surface area contributed by atoms with Gasteiger partial charge in [0.2, 0.25) is 0 Å². The van der Waals surface area contributed by atoms with Gasteiger partial charge in [-0.1, -0.05) is 24.4 Å². The highest BCUT2D eigenvalue weighted by Gasteiger charge is 2.38. The van der Waals surface area contributed by atoms with Crippen molar-refractivity contribution in [3.05, 3.63) is 34.4 Å². The minimum Gasteiger partial charge on any atom is -0.329 e. The molecule has 0 aromatic carbocycles. The molecule has 0 saturated carbocycles. The highest BCUT2D eigenvalue weighted by Crippen LogP contribution is 2.35. The lowest BCUT2D eigenvalue weighted by molar-refractivity contribution is -0.141. The van der Waals surface area contributed by atoms with Crippen LogP contribution in [-0.2, 0) is 20.3 Å². The standard InChI is InChI=1S/C16H19ClF3N5O/c1-23-9-10(17)14(22-23)15(26)25-7-5-3-4-6-11(25)12-8-13(16(18,19)20)21-24(12)2/h8-9,11H,3-7H2,1-2H3. The molecule has 3 heterocycles. The van der Waals surface area contributed by atoms with Crippen molar-refractivity contribution in [3.8, 4) is 0 Å². The largest absolute Gasteiger partial charge is 0.435 e. The van der Waals surface area contributed by atoms with Crippen LogP contribution in [0.4, 0.5) is 13.2 Å². The average molecular weight is 390 g/mol. The van der Waals surface area contributed by atoms with Crippen molar-refractivity contribution in [1.82, 2.24) is 24.5 Å². The number of halogens is 4. The van der Waals surface area contributed by atoms with Gasteiger partial charge in [0, 0.05) is 26.8 Å². The van der Waals surface area contributed by atoms with E-state index in [2.05, 4.69) is 10.2 Å². The summed E-state index contributed by atoms with van der Waals surface area (Å²) in [5, 5.41) is 7.91. The number of aryl methyl sites for hydroxylation is 2. The molecule has 0 bridgehead atoms. The van der Waals surface area contributed by atoms with Crippen LogP contribution in [-0.4, -0.2) is 36.9 Å². The molecule has 0 aliphatic carbocycles. The molecular weight excluding hydrogens is 371 g/mol. The fraction of sp³-hybridized carbons (Fsp3) is 0.562. The quantitative estimate of drug-likeness (QED) is 0.788. The Labute approximate surface area is 153 Å². The fourth-order valence-corrected chi connectivity index (χ4v) is 3.59. The highest BCUT2D eigenvalue weighted by molar-refractivity contribution is 6.33. The highest BCUT2D eigenvalue weighted by atomic mass is 35.5. The predicted molar refractivity (Wildman–Crippen MR) is 88.7 cm³/mol. The molecule has 10 heteroatoms. The third-order valence-electron chi connectivity index (χ3n) is 4.55. The number of likely N-dealkylation sites (tertiary alicyclic amines) is 1. The Morgan fingerprint density at radius 3 is 2.54 bits per heavy atom. The molecule has 2 aromatic heterocycles. The Bertz CT molecular complexity index is 813. The SMILES string of the molecule is Cn1cc(Cl)c(C(=O)N2CCCCCC2c2cc(C(F)(F)F)nn2C)n1. The van der Waals surface area contributed by atoms with Crippen molar-refractivity contribution >= 4 is 17.5 Å². The molecule has 2 aromatic rings. The van der Waals surface area contributed by atoms with Gasteiger partial charge in [-0.3, -0.25) is 14.2 Å². The Hall–Kier alpha value is -2.03. The van der Waals surface area contributed by atoms with Gasteiger partial charge >= 0.3 is 6.18 Å². The van der Waals surface area contributed by atoms with Gasteiger partial charge in [-0.25, -0.2) is 0 Å². The van der Waals surface area contributed by atoms with Crippen molar-refractivity contribution < 1.29 is 18.0 Å². The van der Waals surface area contributed by atoms with Gasteiger partial charge < -0.3 is 4.90 Å². The van der Waals surface area contributed by atoms with Crippen molar-refractivity contribution in [2.45, 2.75) is 37.9 Å². The molecular formula is C16H19ClF3N5O. The number of aromatic nitrogens is 4. The normalized spacial score (nSPS) is 18.8. The first-order valence-corrected chi connectivity index (χ1v) is 8.67. The molecule has 1 fully saturated rings. The molecule has 1 aliphatic rings. The van der Waals surface area contributed by atoms with Crippen molar-refractivity contribution in [3.63, 3.8) is 0 Å². The van der Waals surface area contributed by atoms with Crippen LogP contribution in [0.2, 0.25) is 5.02 Å². The minimum atomic E-state index is -4.53. The second-order valence-electron chi connectivity index (χ2n) is 6.44. The van der Waals surface area contributed by atoms with Gasteiger partial charge in [0.05, 0.1) is 16.8 Å². The summed E-state index contributed by atoms with van der Waals surface area (Å²) in [6, 6.07) is 0.521. The average Bonchev–Trinajstić information content (AvgIpc) is 2.99. The van der Waals surface area contributed by atoms with Crippen molar-refractivity contribution in [2.75, 3.05) is 6.54 Å². The van der Waals surface area contributed by atoms with E-state index in [9.17, 15) is 18.0 Å². The maximum absolute atomic E-state index is 13.0. The van der Waals surface area contributed by atoms with E-state index in [1.807, 2.05) is 0 Å². The Balaban J connectivity index is 1.99. The van der Waals surface area contributed by atoms with Crippen LogP contribution in [0.15, 0.2) is 12.3 Å². The number of alkyl halides is 3. The molecule has 0 N–H and O–H groups in total. The van der Waals surface area contributed by atoms with E-state index in [1.165, 1.54) is 22.6 Å². The molecule has 6 nitrogen and oxygen atoms in total. The maximum atomic E-state index is 13.0. The van der Waals surface area contributed by atoms with Gasteiger partial charge in [-0.15, -0.1) is 0 Å². The number of carbonyl (C=O) groups excluding carboxylic acids is 1. The van der Waals surface area contributed by atoms with Crippen molar-refractivity contribution in [2.24, 2.45) is 14.1 Å². The van der Waals surface area contributed by atoms with Crippen LogP contribution >= 0.6 is 11.6 Å². The number of rotatable bonds is 2. The summed E-state index contributed by atoms with van der Waals surface area (Å²) in [4.78, 5) is 14.6. The topological polar surface area (TPSA) is 56.0 Å². The zero-order valence-corrected chi connectivity index (χ0v) is 15.2. The third-order valence-corrected chi connectivity index (χ3v) is 4.82. The molecule has 26 heavy (non-hydrogen) atoms. The number of nitrogens with zero attached hydrogens (tertiary/aromatic N) is 5. The number of amides is 1. The number of hydrogen-bond donors (Lipinski definition) is 0. The summed E-state index contributed by atoms with van der Waals surface area (Å²) in [5.41, 5.74) is -0.485. The van der Waals surface area contributed by atoms with E-state index in [0.717, 1.165) is 25.3 Å². The second kappa shape index (κ2) is 6.94. The van der Waals surface area contributed by atoms with E-state index < -0.39 is 17.9 Å². The zero-order valence-electron chi connectivity index (χ0n) is 14.4. The van der Waals surface area contributed by atoms with E-state index in [1.54, 1.807) is 11.9 Å². The molecule has 142 valence electrons. The van der Waals surface area contributed by atoms with Gasteiger partial charge in [-0.05, 0) is 18.9 Å². The summed E-state index contributed by atoms with van der Waals surface area (Å²) >= 11 is 6.09. The van der Waals surface area contributed by atoms with E-state index in [4.69, 9.17) is 11.6 Å². The second-order valence-corrected chi connectivity index (χ2v) is 6.85. The first-order chi connectivity index (χ1) is 12.2. The molecule has 0 spiro atoms. The smallest absolute Gasteiger partial charge is 0.329 e. The van der Waals surface area contributed by atoms with E-state index in [0.29, 0.717) is 18.7 Å². The lowest BCUT2D eigenvalue weighted by Crippen LogP contribution is -2.36.